The first kappa shape index (κ1) is 35.3. The van der Waals surface area contributed by atoms with E-state index in [0.29, 0.717) is 12.0 Å². The molecule has 0 aromatic heterocycles. The fourth-order valence-corrected chi connectivity index (χ4v) is 6.42. The Balaban J connectivity index is 1.23. The van der Waals surface area contributed by atoms with Crippen LogP contribution < -0.4 is 0 Å². The van der Waals surface area contributed by atoms with E-state index in [2.05, 4.69) is 12.1 Å². The molecular formula is C43H44O6. The number of benzene rings is 5. The van der Waals surface area contributed by atoms with Crippen LogP contribution in [-0.4, -0.2) is 42.0 Å². The Morgan fingerprint density at radius 1 is 0.633 bits per heavy atom. The summed E-state index contributed by atoms with van der Waals surface area (Å²) < 4.78 is 11.6. The maximum atomic E-state index is 12.6. The van der Waals surface area contributed by atoms with Crippen molar-refractivity contribution in [2.45, 2.75) is 50.2 Å². The van der Waals surface area contributed by atoms with E-state index in [4.69, 9.17) is 9.47 Å². The third kappa shape index (κ3) is 9.11. The maximum Gasteiger partial charge on any atom is 0.337 e. The Hall–Kier alpha value is -5.04. The van der Waals surface area contributed by atoms with Crippen molar-refractivity contribution in [1.29, 1.82) is 0 Å². The van der Waals surface area contributed by atoms with Gasteiger partial charge in [-0.25, -0.2) is 4.79 Å². The molecule has 0 aliphatic rings. The number of unbranched alkanes of at least 4 members (excludes halogenated alkanes) is 1. The lowest BCUT2D eigenvalue weighted by Crippen LogP contribution is -2.39. The molecule has 49 heavy (non-hydrogen) atoms. The highest BCUT2D eigenvalue weighted by atomic mass is 16.5. The van der Waals surface area contributed by atoms with Gasteiger partial charge in [0, 0.05) is 0 Å². The van der Waals surface area contributed by atoms with Crippen molar-refractivity contribution in [3.8, 4) is 0 Å². The molecule has 0 saturated carbocycles. The summed E-state index contributed by atoms with van der Waals surface area (Å²) in [5, 5.41) is 21.6. The number of hydrogen-bond acceptors (Lipinski definition) is 5. The van der Waals surface area contributed by atoms with E-state index < -0.39 is 23.6 Å². The zero-order valence-electron chi connectivity index (χ0n) is 27.9. The summed E-state index contributed by atoms with van der Waals surface area (Å²) in [6, 6.07) is 45.3. The van der Waals surface area contributed by atoms with Crippen molar-refractivity contribution in [2.75, 3.05) is 13.7 Å². The molecule has 0 unspecified atom stereocenters. The van der Waals surface area contributed by atoms with Gasteiger partial charge in [-0.1, -0.05) is 127 Å². The lowest BCUT2D eigenvalue weighted by atomic mass is 9.80. The van der Waals surface area contributed by atoms with Crippen molar-refractivity contribution in [3.63, 3.8) is 0 Å². The minimum atomic E-state index is -1.13. The van der Waals surface area contributed by atoms with E-state index in [9.17, 15) is 19.8 Å². The molecule has 2 N–H and O–H groups in total. The predicted molar refractivity (Wildman–Crippen MR) is 191 cm³/mol. The van der Waals surface area contributed by atoms with Crippen LogP contribution in [0.2, 0.25) is 0 Å². The Labute approximate surface area is 289 Å². The Morgan fingerprint density at radius 2 is 1.10 bits per heavy atom. The van der Waals surface area contributed by atoms with Crippen LogP contribution in [0.15, 0.2) is 140 Å². The zero-order valence-corrected chi connectivity index (χ0v) is 27.9. The summed E-state index contributed by atoms with van der Waals surface area (Å²) in [5.41, 5.74) is 5.47. The zero-order chi connectivity index (χ0) is 34.5. The van der Waals surface area contributed by atoms with Crippen molar-refractivity contribution in [1.82, 2.24) is 0 Å². The standard InChI is InChI=1S/C43H44O6/c1-48-42(47)35-20-14-19-33(30-35)16-12-11-15-32-17-13-18-34(29-32)27-28-40(44)39(41(45)46)31-49-43(36-21-5-2-6-22-36,37-23-7-3-8-24-37)38-25-9-4-10-26-38/h2-10,13-14,17-26,29-30,39-40,44H,11-12,15-16,27-28,31H2,1H3,(H,45,46)/t39-,40-/m1/s1. The number of rotatable bonds is 17. The summed E-state index contributed by atoms with van der Waals surface area (Å²) >= 11 is 0. The largest absolute Gasteiger partial charge is 0.481 e. The van der Waals surface area contributed by atoms with Gasteiger partial charge in [-0.05, 0) is 84.0 Å². The molecule has 2 atom stereocenters. The van der Waals surface area contributed by atoms with Crippen molar-refractivity contribution < 1.29 is 29.3 Å². The van der Waals surface area contributed by atoms with Crippen LogP contribution >= 0.6 is 0 Å². The van der Waals surface area contributed by atoms with E-state index in [0.717, 1.165) is 53.5 Å². The topological polar surface area (TPSA) is 93.1 Å². The average Bonchev–Trinajstić information content (AvgIpc) is 3.15. The summed E-state index contributed by atoms with van der Waals surface area (Å²) in [6.07, 6.45) is 3.45. The third-order valence-corrected chi connectivity index (χ3v) is 9.05. The monoisotopic (exact) mass is 656 g/mol. The lowest BCUT2D eigenvalue weighted by molar-refractivity contribution is -0.151. The van der Waals surface area contributed by atoms with Gasteiger partial charge in [0.2, 0.25) is 0 Å². The number of ether oxygens (including phenoxy) is 2. The quantitative estimate of drug-likeness (QED) is 0.0598. The maximum absolute atomic E-state index is 12.6. The molecule has 0 fully saturated rings. The second-order valence-corrected chi connectivity index (χ2v) is 12.4. The van der Waals surface area contributed by atoms with Gasteiger partial charge < -0.3 is 19.7 Å². The van der Waals surface area contributed by atoms with Crippen molar-refractivity contribution in [3.05, 3.63) is 178 Å². The fourth-order valence-electron chi connectivity index (χ4n) is 6.42. The third-order valence-electron chi connectivity index (χ3n) is 9.05. The van der Waals surface area contributed by atoms with Gasteiger partial charge >= 0.3 is 11.9 Å². The molecule has 0 spiro atoms. The number of aliphatic hydroxyl groups is 1. The molecule has 6 heteroatoms. The van der Waals surface area contributed by atoms with Crippen LogP contribution in [0.4, 0.5) is 0 Å². The number of carbonyl (C=O) groups is 2. The number of carboxylic acids is 1. The molecule has 5 aromatic carbocycles. The van der Waals surface area contributed by atoms with Crippen LogP contribution in [0.3, 0.4) is 0 Å². The summed E-state index contributed by atoms with van der Waals surface area (Å²) in [4.78, 5) is 24.4. The second kappa shape index (κ2) is 17.4. The smallest absolute Gasteiger partial charge is 0.337 e. The van der Waals surface area contributed by atoms with Crippen LogP contribution in [0.25, 0.3) is 0 Å². The minimum Gasteiger partial charge on any atom is -0.481 e. The first-order chi connectivity index (χ1) is 23.9. The molecule has 0 aliphatic heterocycles. The summed E-state index contributed by atoms with van der Waals surface area (Å²) in [6.45, 7) is -0.183. The summed E-state index contributed by atoms with van der Waals surface area (Å²) in [5.74, 6) is -2.55. The fraction of sp³-hybridized carbons (Fsp3) is 0.256. The van der Waals surface area contributed by atoms with Gasteiger partial charge in [-0.2, -0.15) is 0 Å². The number of aliphatic hydroxyl groups excluding tert-OH is 1. The van der Waals surface area contributed by atoms with Gasteiger partial charge in [0.15, 0.2) is 0 Å². The van der Waals surface area contributed by atoms with E-state index in [1.807, 2.05) is 121 Å². The Bertz CT molecular complexity index is 1670. The van der Waals surface area contributed by atoms with Crippen LogP contribution in [0.1, 0.15) is 63.0 Å². The highest BCUT2D eigenvalue weighted by molar-refractivity contribution is 5.89. The molecule has 5 rings (SSSR count). The molecule has 0 heterocycles. The van der Waals surface area contributed by atoms with E-state index in [1.54, 1.807) is 6.07 Å². The molecule has 0 aliphatic carbocycles. The molecule has 0 saturated heterocycles. The number of esters is 1. The van der Waals surface area contributed by atoms with Crippen molar-refractivity contribution in [2.24, 2.45) is 5.92 Å². The normalized spacial score (nSPS) is 12.6. The Morgan fingerprint density at radius 3 is 1.59 bits per heavy atom. The van der Waals surface area contributed by atoms with Gasteiger partial charge in [0.05, 0.1) is 25.4 Å². The molecule has 5 aromatic rings. The molecule has 0 radical (unpaired) electrons. The molecule has 6 nitrogen and oxygen atoms in total. The lowest BCUT2D eigenvalue weighted by Gasteiger charge is -2.37. The number of methoxy groups -OCH3 is 1. The molecule has 0 bridgehead atoms. The van der Waals surface area contributed by atoms with E-state index in [1.165, 1.54) is 12.7 Å². The SMILES string of the molecule is COC(=O)c1cccc(CCCCc2cccc(CC[C@@H](O)[C@@H](COC(c3ccccc3)(c3ccccc3)c3ccccc3)C(=O)O)c2)c1. The number of hydrogen-bond donors (Lipinski definition) is 2. The van der Waals surface area contributed by atoms with Crippen LogP contribution in [0, 0.1) is 5.92 Å². The highest BCUT2D eigenvalue weighted by Gasteiger charge is 2.40. The van der Waals surface area contributed by atoms with E-state index in [-0.39, 0.29) is 19.0 Å². The van der Waals surface area contributed by atoms with Gasteiger partial charge in [-0.3, -0.25) is 4.79 Å². The van der Waals surface area contributed by atoms with Gasteiger partial charge in [-0.15, -0.1) is 0 Å². The van der Waals surface area contributed by atoms with Gasteiger partial charge in [0.1, 0.15) is 11.5 Å². The molecule has 252 valence electrons. The number of aliphatic carboxylic acids is 1. The predicted octanol–water partition coefficient (Wildman–Crippen LogP) is 8.04. The first-order valence-electron chi connectivity index (χ1n) is 16.9. The average molecular weight is 657 g/mol. The molecule has 0 amide bonds. The number of aryl methyl sites for hydroxylation is 3. The minimum absolute atomic E-state index is 0.183. The number of carboxylic acid groups (broad SMARTS) is 1. The first-order valence-corrected chi connectivity index (χ1v) is 16.9. The van der Waals surface area contributed by atoms with E-state index >= 15 is 0 Å². The number of carbonyl (C=O) groups excluding carboxylic acids is 1. The van der Waals surface area contributed by atoms with Crippen LogP contribution in [0.5, 0.6) is 0 Å². The molecular weight excluding hydrogens is 612 g/mol. The Kier molecular flexibility index (Phi) is 12.5. The second-order valence-electron chi connectivity index (χ2n) is 12.4. The highest BCUT2D eigenvalue weighted by Crippen LogP contribution is 2.41. The van der Waals surface area contributed by atoms with Crippen LogP contribution in [-0.2, 0) is 39.1 Å². The summed E-state index contributed by atoms with van der Waals surface area (Å²) in [7, 11) is 1.39. The van der Waals surface area contributed by atoms with Gasteiger partial charge in [0.25, 0.3) is 0 Å². The van der Waals surface area contributed by atoms with Crippen molar-refractivity contribution >= 4 is 11.9 Å².